The third-order valence-corrected chi connectivity index (χ3v) is 3.01. The van der Waals surface area contributed by atoms with E-state index in [1.54, 1.807) is 6.07 Å². The first-order chi connectivity index (χ1) is 6.68. The second-order valence-electron chi connectivity index (χ2n) is 3.93. The molecule has 0 amide bonds. The maximum Gasteiger partial charge on any atom is 0.165 e. The van der Waals surface area contributed by atoms with Gasteiger partial charge in [0.1, 0.15) is 0 Å². The first-order valence-corrected chi connectivity index (χ1v) is 4.92. The number of halogens is 2. The van der Waals surface area contributed by atoms with Crippen LogP contribution in [0.4, 0.5) is 4.39 Å². The van der Waals surface area contributed by atoms with Crippen LogP contribution in [-0.4, -0.2) is 5.11 Å². The highest BCUT2D eigenvalue weighted by atomic mass is 35.5. The smallest absolute Gasteiger partial charge is 0.165 e. The predicted octanol–water partition coefficient (Wildman–Crippen LogP) is 2.75. The molecule has 1 aromatic rings. The number of rotatable bonds is 2. The summed E-state index contributed by atoms with van der Waals surface area (Å²) >= 11 is 0. The van der Waals surface area contributed by atoms with Gasteiger partial charge in [0.2, 0.25) is 0 Å². The Morgan fingerprint density at radius 3 is 2.53 bits per heavy atom. The van der Waals surface area contributed by atoms with Gasteiger partial charge in [0.05, 0.1) is 0 Å². The van der Waals surface area contributed by atoms with E-state index in [-0.39, 0.29) is 24.2 Å². The minimum absolute atomic E-state index is 0. The molecule has 0 saturated heterocycles. The van der Waals surface area contributed by atoms with Crippen molar-refractivity contribution in [1.29, 1.82) is 0 Å². The SMILES string of the molecule is Cl.N[C@@H](c1ccc(O)c(F)c1)C1CCC1. The Labute approximate surface area is 94.7 Å². The van der Waals surface area contributed by atoms with Gasteiger partial charge in [-0.25, -0.2) is 4.39 Å². The minimum atomic E-state index is -0.586. The van der Waals surface area contributed by atoms with Crippen LogP contribution in [-0.2, 0) is 0 Å². The third-order valence-electron chi connectivity index (χ3n) is 3.01. The fraction of sp³-hybridized carbons (Fsp3) is 0.455. The summed E-state index contributed by atoms with van der Waals surface area (Å²) in [4.78, 5) is 0. The largest absolute Gasteiger partial charge is 0.505 e. The molecular formula is C11H15ClFNO. The second kappa shape index (κ2) is 4.81. The van der Waals surface area contributed by atoms with E-state index in [4.69, 9.17) is 10.8 Å². The molecule has 1 fully saturated rings. The van der Waals surface area contributed by atoms with Crippen molar-refractivity contribution in [1.82, 2.24) is 0 Å². The van der Waals surface area contributed by atoms with E-state index < -0.39 is 5.82 Å². The van der Waals surface area contributed by atoms with Crippen LogP contribution in [0.5, 0.6) is 5.75 Å². The summed E-state index contributed by atoms with van der Waals surface area (Å²) in [6, 6.07) is 4.31. The Kier molecular flexibility index (Phi) is 3.94. The Morgan fingerprint density at radius 1 is 1.40 bits per heavy atom. The molecule has 1 saturated carbocycles. The van der Waals surface area contributed by atoms with Crippen molar-refractivity contribution >= 4 is 12.4 Å². The molecule has 0 radical (unpaired) electrons. The lowest BCUT2D eigenvalue weighted by molar-refractivity contribution is 0.264. The van der Waals surface area contributed by atoms with Crippen LogP contribution in [0.3, 0.4) is 0 Å². The maximum atomic E-state index is 13.0. The Hall–Kier alpha value is -0.800. The molecule has 0 aromatic heterocycles. The summed E-state index contributed by atoms with van der Waals surface area (Å²) in [5.74, 6) is -0.411. The summed E-state index contributed by atoms with van der Waals surface area (Å²) in [6.07, 6.45) is 3.48. The first-order valence-electron chi connectivity index (χ1n) is 4.92. The Bertz CT molecular complexity index is 341. The van der Waals surface area contributed by atoms with Crippen LogP contribution in [0, 0.1) is 11.7 Å². The van der Waals surface area contributed by atoms with Gasteiger partial charge in [0.15, 0.2) is 11.6 Å². The highest BCUT2D eigenvalue weighted by Gasteiger charge is 2.25. The summed E-state index contributed by atoms with van der Waals surface area (Å²) < 4.78 is 13.0. The van der Waals surface area contributed by atoms with Crippen LogP contribution in [0.25, 0.3) is 0 Å². The van der Waals surface area contributed by atoms with E-state index in [2.05, 4.69) is 0 Å². The van der Waals surface area contributed by atoms with Gasteiger partial charge in [-0.05, 0) is 36.5 Å². The zero-order chi connectivity index (χ0) is 10.1. The molecule has 0 spiro atoms. The van der Waals surface area contributed by atoms with Crippen LogP contribution < -0.4 is 5.73 Å². The molecule has 2 nitrogen and oxygen atoms in total. The predicted molar refractivity (Wildman–Crippen MR) is 59.6 cm³/mol. The lowest BCUT2D eigenvalue weighted by atomic mass is 9.77. The number of benzene rings is 1. The number of phenolic OH excluding ortho intramolecular Hbond substituents is 1. The van der Waals surface area contributed by atoms with Gasteiger partial charge in [0.25, 0.3) is 0 Å². The normalized spacial score (nSPS) is 17.7. The van der Waals surface area contributed by atoms with Gasteiger partial charge >= 0.3 is 0 Å². The van der Waals surface area contributed by atoms with Crippen molar-refractivity contribution in [3.05, 3.63) is 29.6 Å². The van der Waals surface area contributed by atoms with E-state index in [0.29, 0.717) is 5.92 Å². The van der Waals surface area contributed by atoms with E-state index in [0.717, 1.165) is 18.4 Å². The molecule has 3 N–H and O–H groups in total. The average molecular weight is 232 g/mol. The molecule has 15 heavy (non-hydrogen) atoms. The van der Waals surface area contributed by atoms with Crippen LogP contribution in [0.2, 0.25) is 0 Å². The van der Waals surface area contributed by atoms with Crippen molar-refractivity contribution in [2.24, 2.45) is 11.7 Å². The zero-order valence-corrected chi connectivity index (χ0v) is 9.14. The second-order valence-corrected chi connectivity index (χ2v) is 3.93. The van der Waals surface area contributed by atoms with Gasteiger partial charge in [-0.3, -0.25) is 0 Å². The molecule has 84 valence electrons. The maximum absolute atomic E-state index is 13.0. The summed E-state index contributed by atoms with van der Waals surface area (Å²) in [5, 5.41) is 9.02. The number of hydrogen-bond donors (Lipinski definition) is 2. The average Bonchev–Trinajstić information content (AvgIpc) is 2.06. The molecule has 1 aliphatic rings. The molecule has 0 heterocycles. The molecule has 1 aliphatic carbocycles. The number of aromatic hydroxyl groups is 1. The van der Waals surface area contributed by atoms with Gasteiger partial charge in [-0.15, -0.1) is 12.4 Å². The van der Waals surface area contributed by atoms with Gasteiger partial charge in [-0.1, -0.05) is 12.5 Å². The van der Waals surface area contributed by atoms with E-state index in [1.165, 1.54) is 18.6 Å². The van der Waals surface area contributed by atoms with Crippen molar-refractivity contribution in [2.75, 3.05) is 0 Å². The molecular weight excluding hydrogens is 217 g/mol. The Balaban J connectivity index is 0.00000112. The quantitative estimate of drug-likeness (QED) is 0.822. The van der Waals surface area contributed by atoms with Crippen LogP contribution in [0.1, 0.15) is 30.9 Å². The van der Waals surface area contributed by atoms with Crippen LogP contribution in [0.15, 0.2) is 18.2 Å². The standard InChI is InChI=1S/C11H14FNO.ClH/c12-9-6-8(4-5-10(9)14)11(13)7-2-1-3-7;/h4-7,11,14H,1-3,13H2;1H/t11-;/m1./s1. The monoisotopic (exact) mass is 231 g/mol. The Morgan fingerprint density at radius 2 is 2.07 bits per heavy atom. The van der Waals surface area contributed by atoms with Crippen LogP contribution >= 0.6 is 12.4 Å². The summed E-state index contributed by atoms with van der Waals surface area (Å²) in [6.45, 7) is 0. The van der Waals surface area contributed by atoms with Crippen molar-refractivity contribution in [2.45, 2.75) is 25.3 Å². The number of hydrogen-bond acceptors (Lipinski definition) is 2. The van der Waals surface area contributed by atoms with E-state index >= 15 is 0 Å². The number of nitrogens with two attached hydrogens (primary N) is 1. The minimum Gasteiger partial charge on any atom is -0.505 e. The van der Waals surface area contributed by atoms with E-state index in [1.807, 2.05) is 0 Å². The van der Waals surface area contributed by atoms with Crippen molar-refractivity contribution in [3.63, 3.8) is 0 Å². The summed E-state index contributed by atoms with van der Waals surface area (Å²) in [5.41, 5.74) is 6.75. The van der Waals surface area contributed by atoms with Crippen molar-refractivity contribution in [3.8, 4) is 5.75 Å². The van der Waals surface area contributed by atoms with Crippen molar-refractivity contribution < 1.29 is 9.50 Å². The molecule has 0 unspecified atom stereocenters. The zero-order valence-electron chi connectivity index (χ0n) is 8.32. The number of phenols is 1. The third kappa shape index (κ3) is 2.41. The van der Waals surface area contributed by atoms with E-state index in [9.17, 15) is 4.39 Å². The molecule has 1 aromatic carbocycles. The van der Waals surface area contributed by atoms with Gasteiger partial charge in [0, 0.05) is 6.04 Å². The van der Waals surface area contributed by atoms with Gasteiger partial charge < -0.3 is 10.8 Å². The molecule has 0 bridgehead atoms. The molecule has 4 heteroatoms. The summed E-state index contributed by atoms with van der Waals surface area (Å²) in [7, 11) is 0. The van der Waals surface area contributed by atoms with Gasteiger partial charge in [-0.2, -0.15) is 0 Å². The topological polar surface area (TPSA) is 46.2 Å². The highest BCUT2D eigenvalue weighted by molar-refractivity contribution is 5.85. The molecule has 1 atom stereocenters. The fourth-order valence-electron chi connectivity index (χ4n) is 1.80. The highest BCUT2D eigenvalue weighted by Crippen LogP contribution is 2.36. The molecule has 0 aliphatic heterocycles. The lowest BCUT2D eigenvalue weighted by Crippen LogP contribution is -2.26. The fourth-order valence-corrected chi connectivity index (χ4v) is 1.80. The molecule has 2 rings (SSSR count). The lowest BCUT2D eigenvalue weighted by Gasteiger charge is -2.31. The first kappa shape index (κ1) is 12.3.